The topological polar surface area (TPSA) is 29.9 Å². The number of aromatic nitrogens is 2. The van der Waals surface area contributed by atoms with Crippen molar-refractivity contribution < 1.29 is 0 Å². The molecule has 1 aromatic heterocycles. The third kappa shape index (κ3) is 3.04. The van der Waals surface area contributed by atoms with Crippen LogP contribution in [0.3, 0.4) is 0 Å². The molecule has 1 saturated carbocycles. The minimum atomic E-state index is 0.454. The maximum absolute atomic E-state index is 4.49. The van der Waals surface area contributed by atoms with Crippen LogP contribution >= 0.6 is 0 Å². The third-order valence-corrected chi connectivity index (χ3v) is 3.74. The molecule has 1 heterocycles. The number of hydrogen-bond donors (Lipinski definition) is 1. The summed E-state index contributed by atoms with van der Waals surface area (Å²) in [6.07, 6.45) is 8.20. The minimum absolute atomic E-state index is 0.454. The van der Waals surface area contributed by atoms with Crippen molar-refractivity contribution in [1.29, 1.82) is 0 Å². The zero-order valence-electron chi connectivity index (χ0n) is 11.4. The fraction of sp³-hybridized carbons (Fsp3) is 0.438. The lowest BCUT2D eigenvalue weighted by molar-refractivity contribution is 0.487. The summed E-state index contributed by atoms with van der Waals surface area (Å²) in [6.45, 7) is 3.18. The van der Waals surface area contributed by atoms with Crippen LogP contribution in [0.25, 0.3) is 5.69 Å². The number of para-hydroxylation sites is 1. The fourth-order valence-corrected chi connectivity index (χ4v) is 2.51. The zero-order valence-corrected chi connectivity index (χ0v) is 11.4. The van der Waals surface area contributed by atoms with Crippen molar-refractivity contribution >= 4 is 0 Å². The van der Waals surface area contributed by atoms with Crippen LogP contribution in [0.15, 0.2) is 42.7 Å². The largest absolute Gasteiger partial charge is 0.310 e. The molecular weight excluding hydrogens is 234 g/mol. The Morgan fingerprint density at radius 2 is 2.11 bits per heavy atom. The lowest BCUT2D eigenvalue weighted by atomic mass is 10.0. The second-order valence-corrected chi connectivity index (χ2v) is 5.34. The smallest absolute Gasteiger partial charge is 0.0645 e. The molecule has 1 N–H and O–H groups in total. The number of nitrogens with zero attached hydrogens (tertiary/aromatic N) is 2. The normalized spacial score (nSPS) is 16.5. The van der Waals surface area contributed by atoms with Gasteiger partial charge in [-0.1, -0.05) is 38.0 Å². The van der Waals surface area contributed by atoms with Crippen molar-refractivity contribution in [2.24, 2.45) is 5.92 Å². The van der Waals surface area contributed by atoms with Crippen molar-refractivity contribution in [3.8, 4) is 5.69 Å². The molecule has 1 fully saturated rings. The Bertz CT molecular complexity index is 514. The SMILES string of the molecule is CCNC(CC1CC1)c1cnn(-c2ccccc2)c1. The van der Waals surface area contributed by atoms with Gasteiger partial charge in [0.05, 0.1) is 11.9 Å². The molecule has 1 atom stereocenters. The minimum Gasteiger partial charge on any atom is -0.310 e. The van der Waals surface area contributed by atoms with E-state index in [-0.39, 0.29) is 0 Å². The average molecular weight is 255 g/mol. The summed E-state index contributed by atoms with van der Waals surface area (Å²) >= 11 is 0. The lowest BCUT2D eigenvalue weighted by Crippen LogP contribution is -2.21. The number of benzene rings is 1. The molecular formula is C16H21N3. The Morgan fingerprint density at radius 3 is 2.79 bits per heavy atom. The van der Waals surface area contributed by atoms with Crippen LogP contribution in [0.1, 0.15) is 37.8 Å². The molecule has 0 bridgehead atoms. The van der Waals surface area contributed by atoms with Crippen molar-refractivity contribution in [1.82, 2.24) is 15.1 Å². The van der Waals surface area contributed by atoms with Crippen LogP contribution < -0.4 is 5.32 Å². The molecule has 0 aliphatic heterocycles. The van der Waals surface area contributed by atoms with Crippen LogP contribution in [0.5, 0.6) is 0 Å². The summed E-state index contributed by atoms with van der Waals surface area (Å²) in [6, 6.07) is 10.7. The van der Waals surface area contributed by atoms with Gasteiger partial charge in [-0.25, -0.2) is 4.68 Å². The van der Waals surface area contributed by atoms with E-state index < -0.39 is 0 Å². The van der Waals surface area contributed by atoms with Crippen molar-refractivity contribution in [2.45, 2.75) is 32.2 Å². The highest BCUT2D eigenvalue weighted by Gasteiger charge is 2.26. The summed E-state index contributed by atoms with van der Waals surface area (Å²) < 4.78 is 1.96. The molecule has 3 nitrogen and oxygen atoms in total. The quantitative estimate of drug-likeness (QED) is 0.858. The molecule has 1 aliphatic carbocycles. The first kappa shape index (κ1) is 12.4. The molecule has 0 amide bonds. The number of nitrogens with one attached hydrogen (secondary N) is 1. The van der Waals surface area contributed by atoms with Gasteiger partial charge >= 0.3 is 0 Å². The van der Waals surface area contributed by atoms with Gasteiger partial charge in [0, 0.05) is 17.8 Å². The molecule has 0 saturated heterocycles. The molecule has 3 rings (SSSR count). The molecule has 2 aromatic rings. The van der Waals surface area contributed by atoms with E-state index in [1.54, 1.807) is 0 Å². The van der Waals surface area contributed by atoms with Crippen molar-refractivity contribution in [3.05, 3.63) is 48.3 Å². The molecule has 19 heavy (non-hydrogen) atoms. The molecule has 1 unspecified atom stereocenters. The molecule has 3 heteroatoms. The van der Waals surface area contributed by atoms with E-state index in [1.165, 1.54) is 24.8 Å². The van der Waals surface area contributed by atoms with E-state index in [0.29, 0.717) is 6.04 Å². The summed E-state index contributed by atoms with van der Waals surface area (Å²) in [5.74, 6) is 0.920. The van der Waals surface area contributed by atoms with E-state index in [4.69, 9.17) is 0 Å². The Kier molecular flexibility index (Phi) is 3.65. The lowest BCUT2D eigenvalue weighted by Gasteiger charge is -2.15. The highest BCUT2D eigenvalue weighted by atomic mass is 15.3. The second-order valence-electron chi connectivity index (χ2n) is 5.34. The number of rotatable bonds is 6. The van der Waals surface area contributed by atoms with E-state index in [2.05, 4.69) is 35.7 Å². The second kappa shape index (κ2) is 5.57. The first-order valence-electron chi connectivity index (χ1n) is 7.20. The molecule has 1 aromatic carbocycles. The summed E-state index contributed by atoms with van der Waals surface area (Å²) in [5, 5.41) is 8.08. The number of hydrogen-bond acceptors (Lipinski definition) is 2. The first-order valence-corrected chi connectivity index (χ1v) is 7.20. The Hall–Kier alpha value is -1.61. The van der Waals surface area contributed by atoms with Crippen molar-refractivity contribution in [2.75, 3.05) is 6.54 Å². The highest BCUT2D eigenvalue weighted by molar-refractivity contribution is 5.31. The van der Waals surface area contributed by atoms with E-state index >= 15 is 0 Å². The van der Waals surface area contributed by atoms with E-state index in [9.17, 15) is 0 Å². The maximum Gasteiger partial charge on any atom is 0.0645 e. The zero-order chi connectivity index (χ0) is 13.1. The van der Waals surface area contributed by atoms with E-state index in [0.717, 1.165) is 18.2 Å². The van der Waals surface area contributed by atoms with Gasteiger partial charge < -0.3 is 5.32 Å². The molecule has 0 spiro atoms. The Balaban J connectivity index is 1.78. The summed E-state index contributed by atoms with van der Waals surface area (Å²) in [5.41, 5.74) is 2.42. The molecule has 100 valence electrons. The van der Waals surface area contributed by atoms with Gasteiger partial charge in [-0.2, -0.15) is 5.10 Å². The van der Waals surface area contributed by atoms with Crippen LogP contribution in [0.2, 0.25) is 0 Å². The van der Waals surface area contributed by atoms with Gasteiger partial charge in [-0.15, -0.1) is 0 Å². The Morgan fingerprint density at radius 1 is 1.32 bits per heavy atom. The van der Waals surface area contributed by atoms with Crippen LogP contribution in [0, 0.1) is 5.92 Å². The first-order chi connectivity index (χ1) is 9.36. The standard InChI is InChI=1S/C16H21N3/c1-2-17-16(10-13-8-9-13)14-11-18-19(12-14)15-6-4-3-5-7-15/h3-7,11-13,16-17H,2,8-10H2,1H3. The van der Waals surface area contributed by atoms with Gasteiger partial charge in [-0.05, 0) is 31.0 Å². The average Bonchev–Trinajstić information content (AvgIpc) is 3.13. The summed E-state index contributed by atoms with van der Waals surface area (Å²) in [7, 11) is 0. The van der Waals surface area contributed by atoms with Gasteiger partial charge in [0.2, 0.25) is 0 Å². The predicted octanol–water partition coefficient (Wildman–Crippen LogP) is 3.32. The Labute approximate surface area is 114 Å². The maximum atomic E-state index is 4.49. The van der Waals surface area contributed by atoms with Gasteiger partial charge in [0.1, 0.15) is 0 Å². The van der Waals surface area contributed by atoms with Gasteiger partial charge in [0.25, 0.3) is 0 Å². The van der Waals surface area contributed by atoms with Crippen LogP contribution in [0.4, 0.5) is 0 Å². The fourth-order valence-electron chi connectivity index (χ4n) is 2.51. The van der Waals surface area contributed by atoms with E-state index in [1.807, 2.05) is 29.1 Å². The molecule has 1 aliphatic rings. The summed E-state index contributed by atoms with van der Waals surface area (Å²) in [4.78, 5) is 0. The third-order valence-electron chi connectivity index (χ3n) is 3.74. The van der Waals surface area contributed by atoms with Crippen LogP contribution in [-0.4, -0.2) is 16.3 Å². The van der Waals surface area contributed by atoms with Gasteiger partial charge in [-0.3, -0.25) is 0 Å². The monoisotopic (exact) mass is 255 g/mol. The van der Waals surface area contributed by atoms with Gasteiger partial charge in [0.15, 0.2) is 0 Å². The highest BCUT2D eigenvalue weighted by Crippen LogP contribution is 2.37. The van der Waals surface area contributed by atoms with Crippen LogP contribution in [-0.2, 0) is 0 Å². The van der Waals surface area contributed by atoms with Crippen molar-refractivity contribution in [3.63, 3.8) is 0 Å². The molecule has 0 radical (unpaired) electrons. The predicted molar refractivity (Wildman–Crippen MR) is 77.3 cm³/mol.